The van der Waals surface area contributed by atoms with E-state index in [0.717, 1.165) is 6.29 Å². The lowest BCUT2D eigenvalue weighted by Gasteiger charge is -2.00. The van der Waals surface area contributed by atoms with Crippen LogP contribution in [0.4, 0.5) is 0 Å². The van der Waals surface area contributed by atoms with Crippen molar-refractivity contribution in [1.82, 2.24) is 0 Å². The molecule has 0 amide bonds. The molecule has 0 aromatic heterocycles. The van der Waals surface area contributed by atoms with E-state index < -0.39 is 7.12 Å². The lowest BCUT2D eigenvalue weighted by molar-refractivity contribution is -0.105. The van der Waals surface area contributed by atoms with Crippen LogP contribution in [0.1, 0.15) is 26.7 Å². The van der Waals surface area contributed by atoms with E-state index in [2.05, 4.69) is 0 Å². The second-order valence-corrected chi connectivity index (χ2v) is 2.68. The van der Waals surface area contributed by atoms with Gasteiger partial charge >= 0.3 is 7.12 Å². The Labute approximate surface area is 78.9 Å². The molecule has 0 aromatic rings. The highest BCUT2D eigenvalue weighted by Crippen LogP contribution is 2.04. The molecule has 3 nitrogen and oxygen atoms in total. The molecule has 0 heterocycles. The van der Waals surface area contributed by atoms with Gasteiger partial charge in [-0.05, 0) is 23.9 Å². The topological polar surface area (TPSA) is 57.5 Å². The van der Waals surface area contributed by atoms with Crippen molar-refractivity contribution in [2.45, 2.75) is 26.7 Å². The third-order valence-electron chi connectivity index (χ3n) is 1.81. The van der Waals surface area contributed by atoms with Crippen molar-refractivity contribution in [3.8, 4) is 0 Å². The molecule has 0 atom stereocenters. The lowest BCUT2D eigenvalue weighted by atomic mass is 9.77. The molecule has 2 N–H and O–H groups in total. The molecule has 0 radical (unpaired) electrons. The molecule has 0 spiro atoms. The molecule has 0 saturated heterocycles. The summed E-state index contributed by atoms with van der Waals surface area (Å²) in [7, 11) is -1.42. The van der Waals surface area contributed by atoms with Gasteiger partial charge < -0.3 is 10.0 Å². The number of rotatable bonds is 5. The summed E-state index contributed by atoms with van der Waals surface area (Å²) in [5.41, 5.74) is 1.15. The molecule has 0 rings (SSSR count). The van der Waals surface area contributed by atoms with E-state index in [1.807, 2.05) is 13.8 Å². The first kappa shape index (κ1) is 12.1. The minimum atomic E-state index is -1.42. The lowest BCUT2D eigenvalue weighted by Crippen LogP contribution is -2.14. The van der Waals surface area contributed by atoms with Crippen LogP contribution in [0, 0.1) is 0 Å². The number of carbonyl (C=O) groups excluding carboxylic acids is 1. The van der Waals surface area contributed by atoms with Gasteiger partial charge in [-0.1, -0.05) is 26.0 Å². The number of aldehydes is 1. The van der Waals surface area contributed by atoms with Gasteiger partial charge in [-0.15, -0.1) is 0 Å². The summed E-state index contributed by atoms with van der Waals surface area (Å²) < 4.78 is 0. The molecule has 0 saturated carbocycles. The highest BCUT2D eigenvalue weighted by molar-refractivity contribution is 6.50. The minimum Gasteiger partial charge on any atom is -0.423 e. The fourth-order valence-corrected chi connectivity index (χ4v) is 0.841. The van der Waals surface area contributed by atoms with Crippen LogP contribution in [0.25, 0.3) is 0 Å². The Morgan fingerprint density at radius 3 is 2.15 bits per heavy atom. The molecule has 72 valence electrons. The summed E-state index contributed by atoms with van der Waals surface area (Å²) >= 11 is 0. The van der Waals surface area contributed by atoms with Crippen molar-refractivity contribution in [1.29, 1.82) is 0 Å². The van der Waals surface area contributed by atoms with Gasteiger partial charge in [-0.3, -0.25) is 4.79 Å². The van der Waals surface area contributed by atoms with Crippen LogP contribution >= 0.6 is 0 Å². The number of allylic oxidation sites excluding steroid dienone is 4. The van der Waals surface area contributed by atoms with Gasteiger partial charge in [0.25, 0.3) is 0 Å². The van der Waals surface area contributed by atoms with Crippen molar-refractivity contribution in [2.75, 3.05) is 0 Å². The van der Waals surface area contributed by atoms with Gasteiger partial charge in [0.05, 0.1) is 0 Å². The van der Waals surface area contributed by atoms with E-state index in [1.165, 1.54) is 0 Å². The average Bonchev–Trinajstić information content (AvgIpc) is 2.12. The molecule has 0 aromatic carbocycles. The second-order valence-electron chi connectivity index (χ2n) is 2.68. The van der Waals surface area contributed by atoms with Gasteiger partial charge in [0.15, 0.2) is 0 Å². The number of hydrogen-bond acceptors (Lipinski definition) is 3. The molecule has 0 unspecified atom stereocenters. The molecular formula is C9H15BO3. The van der Waals surface area contributed by atoms with Crippen molar-refractivity contribution in [2.24, 2.45) is 0 Å². The fourth-order valence-electron chi connectivity index (χ4n) is 0.841. The normalized spacial score (nSPS) is 12.9. The standard InChI is InChI=1S/C9H15BO3/c1-3-8(7-11)5-6-9(4-2)10(12)13/h5-7,12-13H,3-4H2,1-2H3/b8-5+,9-6+. The minimum absolute atomic E-state index is 0.507. The highest BCUT2D eigenvalue weighted by atomic mass is 16.4. The second kappa shape index (κ2) is 6.63. The highest BCUT2D eigenvalue weighted by Gasteiger charge is 2.10. The Morgan fingerprint density at radius 1 is 1.23 bits per heavy atom. The van der Waals surface area contributed by atoms with Crippen LogP contribution < -0.4 is 0 Å². The Kier molecular flexibility index (Phi) is 6.19. The number of hydrogen-bond donors (Lipinski definition) is 2. The summed E-state index contributed by atoms with van der Waals surface area (Å²) in [6, 6.07) is 0. The quantitative estimate of drug-likeness (QED) is 0.287. The van der Waals surface area contributed by atoms with Gasteiger partial charge in [0, 0.05) is 0 Å². The first-order valence-electron chi connectivity index (χ1n) is 4.36. The summed E-state index contributed by atoms with van der Waals surface area (Å²) in [5, 5.41) is 17.7. The van der Waals surface area contributed by atoms with Crippen molar-refractivity contribution in [3.63, 3.8) is 0 Å². The first-order valence-corrected chi connectivity index (χ1v) is 4.36. The predicted molar refractivity (Wildman–Crippen MR) is 53.0 cm³/mol. The Hall–Kier alpha value is -0.865. The van der Waals surface area contributed by atoms with E-state index in [-0.39, 0.29) is 0 Å². The summed E-state index contributed by atoms with van der Waals surface area (Å²) in [5.74, 6) is 0. The fraction of sp³-hybridized carbons (Fsp3) is 0.444. The summed E-state index contributed by atoms with van der Waals surface area (Å²) in [6.45, 7) is 3.70. The molecule has 0 fully saturated rings. The van der Waals surface area contributed by atoms with Crippen LogP contribution in [0.2, 0.25) is 0 Å². The third-order valence-corrected chi connectivity index (χ3v) is 1.81. The average molecular weight is 182 g/mol. The van der Waals surface area contributed by atoms with Gasteiger partial charge in [-0.25, -0.2) is 0 Å². The summed E-state index contributed by atoms with van der Waals surface area (Å²) in [4.78, 5) is 10.4. The predicted octanol–water partition coefficient (Wildman–Crippen LogP) is 0.870. The van der Waals surface area contributed by atoms with E-state index in [0.29, 0.717) is 23.9 Å². The maximum atomic E-state index is 10.4. The van der Waals surface area contributed by atoms with E-state index in [1.54, 1.807) is 12.2 Å². The zero-order valence-electron chi connectivity index (χ0n) is 8.03. The van der Waals surface area contributed by atoms with Crippen molar-refractivity contribution in [3.05, 3.63) is 23.2 Å². The maximum Gasteiger partial charge on any atom is 0.484 e. The van der Waals surface area contributed by atoms with E-state index >= 15 is 0 Å². The zero-order chi connectivity index (χ0) is 10.3. The van der Waals surface area contributed by atoms with Crippen LogP contribution in [0.3, 0.4) is 0 Å². The molecular weight excluding hydrogens is 167 g/mol. The van der Waals surface area contributed by atoms with Crippen LogP contribution in [-0.4, -0.2) is 23.5 Å². The maximum absolute atomic E-state index is 10.4. The van der Waals surface area contributed by atoms with E-state index in [4.69, 9.17) is 10.0 Å². The van der Waals surface area contributed by atoms with Crippen LogP contribution in [0.15, 0.2) is 23.2 Å². The molecule has 0 aliphatic rings. The van der Waals surface area contributed by atoms with E-state index in [9.17, 15) is 4.79 Å². The van der Waals surface area contributed by atoms with Crippen LogP contribution in [0.5, 0.6) is 0 Å². The molecule has 0 aliphatic heterocycles. The molecule has 13 heavy (non-hydrogen) atoms. The first-order chi connectivity index (χ1) is 6.15. The third kappa shape index (κ3) is 4.65. The number of carbonyl (C=O) groups is 1. The van der Waals surface area contributed by atoms with Crippen molar-refractivity contribution >= 4 is 13.4 Å². The summed E-state index contributed by atoms with van der Waals surface area (Å²) in [6.07, 6.45) is 5.18. The molecule has 0 aliphatic carbocycles. The largest absolute Gasteiger partial charge is 0.484 e. The van der Waals surface area contributed by atoms with Gasteiger partial charge in [0.2, 0.25) is 0 Å². The molecule has 4 heteroatoms. The van der Waals surface area contributed by atoms with Gasteiger partial charge in [-0.2, -0.15) is 0 Å². The Balaban J connectivity index is 4.51. The van der Waals surface area contributed by atoms with Crippen LogP contribution in [-0.2, 0) is 4.79 Å². The van der Waals surface area contributed by atoms with Gasteiger partial charge in [0.1, 0.15) is 6.29 Å². The smallest absolute Gasteiger partial charge is 0.423 e. The SMILES string of the molecule is CC/C(=C\C=C(\C=O)CC)B(O)O. The van der Waals surface area contributed by atoms with Crippen molar-refractivity contribution < 1.29 is 14.8 Å². The molecule has 0 bridgehead atoms. The Morgan fingerprint density at radius 2 is 1.85 bits per heavy atom. The Bertz CT molecular complexity index is 219. The zero-order valence-corrected chi connectivity index (χ0v) is 8.03. The monoisotopic (exact) mass is 182 g/mol.